The lowest BCUT2D eigenvalue weighted by Gasteiger charge is -2.18. The molecule has 0 saturated heterocycles. The van der Waals surface area contributed by atoms with E-state index < -0.39 is 12.0 Å². The summed E-state index contributed by atoms with van der Waals surface area (Å²) >= 11 is 6.09. The number of ether oxygens (including phenoxy) is 1. The lowest BCUT2D eigenvalue weighted by atomic mass is 10.1. The lowest BCUT2D eigenvalue weighted by Crippen LogP contribution is -2.26. The summed E-state index contributed by atoms with van der Waals surface area (Å²) in [6.07, 6.45) is 0.685. The van der Waals surface area contributed by atoms with Crippen molar-refractivity contribution in [3.8, 4) is 0 Å². The van der Waals surface area contributed by atoms with Gasteiger partial charge in [0.2, 0.25) is 6.10 Å². The molecule has 4 nitrogen and oxygen atoms in total. The molecule has 1 saturated carbocycles. The van der Waals surface area contributed by atoms with Crippen molar-refractivity contribution in [2.24, 2.45) is 5.92 Å². The van der Waals surface area contributed by atoms with Crippen LogP contribution in [0.4, 0.5) is 5.69 Å². The minimum atomic E-state index is -0.973. The molecule has 0 heterocycles. The third-order valence-corrected chi connectivity index (χ3v) is 4.33. The summed E-state index contributed by atoms with van der Waals surface area (Å²) in [6.45, 7) is 1.89. The molecule has 1 N–H and O–H groups in total. The van der Waals surface area contributed by atoms with Crippen molar-refractivity contribution in [1.29, 1.82) is 0 Å². The van der Waals surface area contributed by atoms with Crippen molar-refractivity contribution in [2.45, 2.75) is 25.9 Å². The normalized spacial score (nSPS) is 14.8. The second kappa shape index (κ2) is 7.05. The predicted molar refractivity (Wildman–Crippen MR) is 92.8 cm³/mol. The number of hydrogen-bond acceptors (Lipinski definition) is 3. The molecule has 0 aromatic heterocycles. The van der Waals surface area contributed by atoms with Crippen LogP contribution in [0.2, 0.25) is 5.02 Å². The molecule has 124 valence electrons. The van der Waals surface area contributed by atoms with Gasteiger partial charge in [0, 0.05) is 16.3 Å². The van der Waals surface area contributed by atoms with Crippen LogP contribution in [0.15, 0.2) is 48.5 Å². The Morgan fingerprint density at radius 1 is 1.17 bits per heavy atom. The first kappa shape index (κ1) is 16.5. The molecule has 5 heteroatoms. The van der Waals surface area contributed by atoms with E-state index in [0.29, 0.717) is 16.3 Å². The molecule has 2 aromatic rings. The van der Waals surface area contributed by atoms with Gasteiger partial charge >= 0.3 is 5.97 Å². The SMILES string of the molecule is Cc1ccc(NC(=O)C(OC(=O)C2CC2)c2ccccc2)cc1Cl. The van der Waals surface area contributed by atoms with Gasteiger partial charge in [-0.05, 0) is 37.5 Å². The van der Waals surface area contributed by atoms with E-state index in [1.165, 1.54) is 0 Å². The highest BCUT2D eigenvalue weighted by molar-refractivity contribution is 6.31. The summed E-state index contributed by atoms with van der Waals surface area (Å²) in [5.41, 5.74) is 2.13. The monoisotopic (exact) mass is 343 g/mol. The molecule has 1 amide bonds. The number of aryl methyl sites for hydroxylation is 1. The fourth-order valence-electron chi connectivity index (χ4n) is 2.31. The van der Waals surface area contributed by atoms with Crippen LogP contribution in [0.3, 0.4) is 0 Å². The zero-order chi connectivity index (χ0) is 17.1. The third kappa shape index (κ3) is 3.95. The van der Waals surface area contributed by atoms with E-state index in [1.54, 1.807) is 24.3 Å². The second-order valence-electron chi connectivity index (χ2n) is 5.96. The summed E-state index contributed by atoms with van der Waals surface area (Å²) in [4.78, 5) is 24.7. The molecule has 1 aliphatic carbocycles. The van der Waals surface area contributed by atoms with Crippen molar-refractivity contribution in [2.75, 3.05) is 5.32 Å². The fourth-order valence-corrected chi connectivity index (χ4v) is 2.49. The van der Waals surface area contributed by atoms with Crippen LogP contribution in [-0.2, 0) is 14.3 Å². The number of rotatable bonds is 5. The fraction of sp³-hybridized carbons (Fsp3) is 0.263. The molecule has 1 unspecified atom stereocenters. The number of amides is 1. The topological polar surface area (TPSA) is 55.4 Å². The highest BCUT2D eigenvalue weighted by atomic mass is 35.5. The van der Waals surface area contributed by atoms with Crippen LogP contribution in [0.25, 0.3) is 0 Å². The zero-order valence-electron chi connectivity index (χ0n) is 13.3. The maximum absolute atomic E-state index is 12.7. The summed E-state index contributed by atoms with van der Waals surface area (Å²) in [5, 5.41) is 3.34. The Bertz CT molecular complexity index is 756. The van der Waals surface area contributed by atoms with Gasteiger partial charge in [-0.15, -0.1) is 0 Å². The van der Waals surface area contributed by atoms with Crippen molar-refractivity contribution in [3.63, 3.8) is 0 Å². The molecule has 0 radical (unpaired) electrons. The van der Waals surface area contributed by atoms with E-state index >= 15 is 0 Å². The van der Waals surface area contributed by atoms with Gasteiger partial charge in [0.1, 0.15) is 0 Å². The summed E-state index contributed by atoms with van der Waals surface area (Å²) in [7, 11) is 0. The molecule has 1 fully saturated rings. The third-order valence-electron chi connectivity index (χ3n) is 3.92. The summed E-state index contributed by atoms with van der Waals surface area (Å²) in [5.74, 6) is -0.783. The molecule has 2 aromatic carbocycles. The lowest BCUT2D eigenvalue weighted by molar-refractivity contribution is -0.156. The van der Waals surface area contributed by atoms with Crippen molar-refractivity contribution >= 4 is 29.2 Å². The quantitative estimate of drug-likeness (QED) is 0.824. The van der Waals surface area contributed by atoms with Crippen molar-refractivity contribution < 1.29 is 14.3 Å². The van der Waals surface area contributed by atoms with E-state index in [2.05, 4.69) is 5.32 Å². The van der Waals surface area contributed by atoms with Crippen LogP contribution in [0.5, 0.6) is 0 Å². The Hall–Kier alpha value is -2.33. The Kier molecular flexibility index (Phi) is 4.86. The first-order valence-electron chi connectivity index (χ1n) is 7.87. The molecule has 24 heavy (non-hydrogen) atoms. The standard InChI is InChI=1S/C19H18ClNO3/c1-12-7-10-15(11-16(12)20)21-18(22)17(13-5-3-2-4-6-13)24-19(23)14-8-9-14/h2-7,10-11,14,17H,8-9H2,1H3,(H,21,22). The van der Waals surface area contributed by atoms with Crippen LogP contribution in [0.1, 0.15) is 30.1 Å². The molecule has 0 aliphatic heterocycles. The summed E-state index contributed by atoms with van der Waals surface area (Å²) < 4.78 is 5.46. The number of anilines is 1. The predicted octanol–water partition coefficient (Wildman–Crippen LogP) is 4.28. The average Bonchev–Trinajstić information content (AvgIpc) is 3.41. The van der Waals surface area contributed by atoms with Crippen LogP contribution in [-0.4, -0.2) is 11.9 Å². The van der Waals surface area contributed by atoms with E-state index in [1.807, 2.05) is 31.2 Å². The van der Waals surface area contributed by atoms with Crippen LogP contribution < -0.4 is 5.32 Å². The molecular weight excluding hydrogens is 326 g/mol. The molecule has 0 bridgehead atoms. The number of hydrogen-bond donors (Lipinski definition) is 1. The number of halogens is 1. The number of carbonyl (C=O) groups is 2. The Morgan fingerprint density at radius 2 is 1.88 bits per heavy atom. The van der Waals surface area contributed by atoms with Gasteiger partial charge in [-0.1, -0.05) is 48.0 Å². The molecule has 1 atom stereocenters. The molecule has 3 rings (SSSR count). The number of nitrogens with one attached hydrogen (secondary N) is 1. The maximum atomic E-state index is 12.7. The van der Waals surface area contributed by atoms with Gasteiger partial charge in [0.25, 0.3) is 5.91 Å². The molecular formula is C19H18ClNO3. The largest absolute Gasteiger partial charge is 0.447 e. The van der Waals surface area contributed by atoms with E-state index in [4.69, 9.17) is 16.3 Å². The Labute approximate surface area is 145 Å². The van der Waals surface area contributed by atoms with Crippen LogP contribution >= 0.6 is 11.6 Å². The van der Waals surface area contributed by atoms with Gasteiger partial charge in [0.15, 0.2) is 0 Å². The smallest absolute Gasteiger partial charge is 0.310 e. The summed E-state index contributed by atoms with van der Waals surface area (Å²) in [6, 6.07) is 14.3. The maximum Gasteiger partial charge on any atom is 0.310 e. The van der Waals surface area contributed by atoms with Gasteiger partial charge in [-0.3, -0.25) is 9.59 Å². The number of benzene rings is 2. The zero-order valence-corrected chi connectivity index (χ0v) is 14.0. The first-order chi connectivity index (χ1) is 11.5. The number of esters is 1. The minimum absolute atomic E-state index is 0.0715. The van der Waals surface area contributed by atoms with E-state index in [9.17, 15) is 9.59 Å². The second-order valence-corrected chi connectivity index (χ2v) is 6.36. The van der Waals surface area contributed by atoms with E-state index in [0.717, 1.165) is 18.4 Å². The van der Waals surface area contributed by atoms with Crippen LogP contribution in [0, 0.1) is 12.8 Å². The van der Waals surface area contributed by atoms with Crippen molar-refractivity contribution in [3.05, 3.63) is 64.7 Å². The molecule has 0 spiro atoms. The first-order valence-corrected chi connectivity index (χ1v) is 8.25. The number of carbonyl (C=O) groups excluding carboxylic acids is 2. The van der Waals surface area contributed by atoms with Gasteiger partial charge in [-0.25, -0.2) is 0 Å². The highest BCUT2D eigenvalue weighted by Crippen LogP contribution is 2.33. The van der Waals surface area contributed by atoms with Gasteiger partial charge < -0.3 is 10.1 Å². The highest BCUT2D eigenvalue weighted by Gasteiger charge is 2.35. The van der Waals surface area contributed by atoms with E-state index in [-0.39, 0.29) is 11.9 Å². The van der Waals surface area contributed by atoms with Gasteiger partial charge in [-0.2, -0.15) is 0 Å². The Balaban J connectivity index is 1.79. The van der Waals surface area contributed by atoms with Crippen molar-refractivity contribution in [1.82, 2.24) is 0 Å². The van der Waals surface area contributed by atoms with Gasteiger partial charge in [0.05, 0.1) is 5.92 Å². The Morgan fingerprint density at radius 3 is 2.50 bits per heavy atom. The minimum Gasteiger partial charge on any atom is -0.447 e. The molecule has 1 aliphatic rings. The average molecular weight is 344 g/mol.